The molecule has 1 N–H and O–H groups in total. The van der Waals surface area contributed by atoms with E-state index in [-0.39, 0.29) is 18.6 Å². The van der Waals surface area contributed by atoms with E-state index in [2.05, 4.69) is 15.9 Å². The standard InChI is InChI=1S/C12H14BrNO4/c13-11-3-1-9(18-11)2-4-12(16)14-5-6-17-10(7-14)8-15/h1-4,10,15H,5-8H2/b4-2+. The summed E-state index contributed by atoms with van der Waals surface area (Å²) in [6.45, 7) is 1.35. The molecule has 1 saturated heterocycles. The van der Waals surface area contributed by atoms with Crippen molar-refractivity contribution in [3.05, 3.63) is 28.6 Å². The zero-order valence-corrected chi connectivity index (χ0v) is 11.3. The number of amides is 1. The first kappa shape index (κ1) is 13.3. The van der Waals surface area contributed by atoms with Crippen LogP contribution in [-0.4, -0.2) is 48.3 Å². The lowest BCUT2D eigenvalue weighted by Gasteiger charge is -2.31. The Labute approximate surface area is 113 Å². The van der Waals surface area contributed by atoms with E-state index in [1.807, 2.05) is 0 Å². The molecule has 1 unspecified atom stereocenters. The van der Waals surface area contributed by atoms with Crippen LogP contribution in [0.4, 0.5) is 0 Å². The Bertz CT molecular complexity index is 443. The Kier molecular flexibility index (Phi) is 4.57. The van der Waals surface area contributed by atoms with Crippen LogP contribution in [0.3, 0.4) is 0 Å². The van der Waals surface area contributed by atoms with Crippen LogP contribution in [-0.2, 0) is 9.53 Å². The molecule has 1 aromatic heterocycles. The third-order valence-corrected chi connectivity index (χ3v) is 3.06. The van der Waals surface area contributed by atoms with Gasteiger partial charge in [0, 0.05) is 19.2 Å². The average Bonchev–Trinajstić information content (AvgIpc) is 2.82. The summed E-state index contributed by atoms with van der Waals surface area (Å²) in [4.78, 5) is 13.5. The molecule has 1 aliphatic heterocycles. The predicted octanol–water partition coefficient (Wildman–Crippen LogP) is 1.27. The molecule has 0 saturated carbocycles. The van der Waals surface area contributed by atoms with Gasteiger partial charge in [0.1, 0.15) is 5.76 Å². The van der Waals surface area contributed by atoms with Crippen molar-refractivity contribution in [2.75, 3.05) is 26.3 Å². The first-order chi connectivity index (χ1) is 8.69. The van der Waals surface area contributed by atoms with Crippen molar-refractivity contribution in [3.63, 3.8) is 0 Å². The molecule has 1 aliphatic rings. The molecule has 2 heterocycles. The van der Waals surface area contributed by atoms with E-state index >= 15 is 0 Å². The van der Waals surface area contributed by atoms with Crippen LogP contribution in [0.25, 0.3) is 6.08 Å². The number of rotatable bonds is 3. The number of furan rings is 1. The SMILES string of the molecule is O=C(/C=C/c1ccc(Br)o1)N1CCOC(CO)C1. The molecule has 0 aromatic carbocycles. The number of halogens is 1. The molecule has 98 valence electrons. The summed E-state index contributed by atoms with van der Waals surface area (Å²) in [5.41, 5.74) is 0. The lowest BCUT2D eigenvalue weighted by atomic mass is 10.2. The molecule has 0 spiro atoms. The number of nitrogens with zero attached hydrogens (tertiary/aromatic N) is 1. The number of aliphatic hydroxyl groups is 1. The summed E-state index contributed by atoms with van der Waals surface area (Å²) in [7, 11) is 0. The number of carbonyl (C=O) groups is 1. The van der Waals surface area contributed by atoms with E-state index in [0.29, 0.717) is 30.1 Å². The van der Waals surface area contributed by atoms with E-state index in [9.17, 15) is 4.79 Å². The van der Waals surface area contributed by atoms with Crippen LogP contribution in [0.1, 0.15) is 5.76 Å². The Morgan fingerprint density at radius 1 is 1.61 bits per heavy atom. The summed E-state index contributed by atoms with van der Waals surface area (Å²) in [6, 6.07) is 3.53. The van der Waals surface area contributed by atoms with Gasteiger partial charge in [0.2, 0.25) is 5.91 Å². The number of aliphatic hydroxyl groups excluding tert-OH is 1. The zero-order chi connectivity index (χ0) is 13.0. The molecule has 0 aliphatic carbocycles. The van der Waals surface area contributed by atoms with Gasteiger partial charge >= 0.3 is 0 Å². The summed E-state index contributed by atoms with van der Waals surface area (Å²) in [5.74, 6) is 0.506. The van der Waals surface area contributed by atoms with Gasteiger partial charge in [-0.25, -0.2) is 0 Å². The van der Waals surface area contributed by atoms with E-state index in [1.165, 1.54) is 6.08 Å². The highest BCUT2D eigenvalue weighted by atomic mass is 79.9. The molecule has 1 amide bonds. The minimum Gasteiger partial charge on any atom is -0.450 e. The summed E-state index contributed by atoms with van der Waals surface area (Å²) >= 11 is 3.19. The van der Waals surface area contributed by atoms with Gasteiger partial charge in [-0.15, -0.1) is 0 Å². The maximum Gasteiger partial charge on any atom is 0.246 e. The molecule has 1 fully saturated rings. The molecule has 1 aromatic rings. The predicted molar refractivity (Wildman–Crippen MR) is 68.8 cm³/mol. The van der Waals surface area contributed by atoms with Crippen LogP contribution < -0.4 is 0 Å². The van der Waals surface area contributed by atoms with Gasteiger partial charge in [-0.05, 0) is 34.1 Å². The Balaban J connectivity index is 1.93. The highest BCUT2D eigenvalue weighted by Crippen LogP contribution is 2.15. The van der Waals surface area contributed by atoms with E-state index < -0.39 is 0 Å². The summed E-state index contributed by atoms with van der Waals surface area (Å²) in [6.07, 6.45) is 2.80. The van der Waals surface area contributed by atoms with Crippen LogP contribution in [0.15, 0.2) is 27.3 Å². The molecule has 5 nitrogen and oxygen atoms in total. The quantitative estimate of drug-likeness (QED) is 0.853. The number of hydrogen-bond acceptors (Lipinski definition) is 4. The van der Waals surface area contributed by atoms with Gasteiger partial charge in [-0.1, -0.05) is 0 Å². The molecule has 2 rings (SSSR count). The lowest BCUT2D eigenvalue weighted by Crippen LogP contribution is -2.46. The maximum absolute atomic E-state index is 11.9. The Morgan fingerprint density at radius 2 is 2.44 bits per heavy atom. The monoisotopic (exact) mass is 315 g/mol. The van der Waals surface area contributed by atoms with Gasteiger partial charge in [-0.2, -0.15) is 0 Å². The van der Waals surface area contributed by atoms with E-state index in [0.717, 1.165) is 0 Å². The minimum absolute atomic E-state index is 0.0708. The van der Waals surface area contributed by atoms with Gasteiger partial charge in [0.15, 0.2) is 4.67 Å². The molecule has 18 heavy (non-hydrogen) atoms. The molecule has 0 bridgehead atoms. The van der Waals surface area contributed by atoms with Gasteiger partial charge in [0.25, 0.3) is 0 Å². The van der Waals surface area contributed by atoms with Gasteiger partial charge in [-0.3, -0.25) is 4.79 Å². The first-order valence-electron chi connectivity index (χ1n) is 5.64. The molecular weight excluding hydrogens is 302 g/mol. The number of hydrogen-bond donors (Lipinski definition) is 1. The summed E-state index contributed by atoms with van der Waals surface area (Å²) in [5, 5.41) is 9.00. The number of morpholine rings is 1. The largest absolute Gasteiger partial charge is 0.450 e. The fraction of sp³-hybridized carbons (Fsp3) is 0.417. The fourth-order valence-corrected chi connectivity index (χ4v) is 2.03. The van der Waals surface area contributed by atoms with E-state index in [4.69, 9.17) is 14.3 Å². The third-order valence-electron chi connectivity index (χ3n) is 2.64. The molecule has 0 radical (unpaired) electrons. The van der Waals surface area contributed by atoms with Gasteiger partial charge < -0.3 is 19.2 Å². The second kappa shape index (κ2) is 6.17. The van der Waals surface area contributed by atoms with Crippen molar-refractivity contribution in [3.8, 4) is 0 Å². The minimum atomic E-state index is -0.283. The smallest absolute Gasteiger partial charge is 0.246 e. The summed E-state index contributed by atoms with van der Waals surface area (Å²) < 4.78 is 11.2. The number of carbonyl (C=O) groups excluding carboxylic acids is 1. The van der Waals surface area contributed by atoms with Crippen LogP contribution in [0, 0.1) is 0 Å². The van der Waals surface area contributed by atoms with Crippen molar-refractivity contribution >= 4 is 27.9 Å². The lowest BCUT2D eigenvalue weighted by molar-refractivity contribution is -0.134. The Hall–Kier alpha value is -1.11. The van der Waals surface area contributed by atoms with Crippen LogP contribution in [0.5, 0.6) is 0 Å². The van der Waals surface area contributed by atoms with Crippen molar-refractivity contribution in [1.82, 2.24) is 4.90 Å². The average molecular weight is 316 g/mol. The second-order valence-electron chi connectivity index (χ2n) is 3.93. The first-order valence-corrected chi connectivity index (χ1v) is 6.43. The van der Waals surface area contributed by atoms with Crippen LogP contribution in [0.2, 0.25) is 0 Å². The second-order valence-corrected chi connectivity index (χ2v) is 4.72. The van der Waals surface area contributed by atoms with Crippen molar-refractivity contribution in [2.45, 2.75) is 6.10 Å². The maximum atomic E-state index is 11.9. The van der Waals surface area contributed by atoms with Crippen molar-refractivity contribution < 1.29 is 19.1 Å². The highest BCUT2D eigenvalue weighted by molar-refractivity contribution is 9.10. The molecular formula is C12H14BrNO4. The van der Waals surface area contributed by atoms with Crippen molar-refractivity contribution in [1.29, 1.82) is 0 Å². The normalized spacial score (nSPS) is 20.6. The van der Waals surface area contributed by atoms with E-state index in [1.54, 1.807) is 23.1 Å². The number of ether oxygens (including phenoxy) is 1. The third kappa shape index (κ3) is 3.44. The fourth-order valence-electron chi connectivity index (χ4n) is 1.71. The van der Waals surface area contributed by atoms with Crippen LogP contribution >= 0.6 is 15.9 Å². The molecule has 1 atom stereocenters. The van der Waals surface area contributed by atoms with Crippen molar-refractivity contribution in [2.24, 2.45) is 0 Å². The zero-order valence-electron chi connectivity index (χ0n) is 9.71. The highest BCUT2D eigenvalue weighted by Gasteiger charge is 2.22. The molecule has 6 heteroatoms. The topological polar surface area (TPSA) is 62.9 Å². The Morgan fingerprint density at radius 3 is 3.11 bits per heavy atom. The van der Waals surface area contributed by atoms with Gasteiger partial charge in [0.05, 0.1) is 19.3 Å².